The van der Waals surface area contributed by atoms with E-state index in [9.17, 15) is 4.79 Å². The summed E-state index contributed by atoms with van der Waals surface area (Å²) in [5, 5.41) is 13.0. The number of hydrogen-bond acceptors (Lipinski definition) is 6. The number of rotatable bonds is 5. The Morgan fingerprint density at radius 1 is 1.26 bits per heavy atom. The molecule has 0 aliphatic heterocycles. The average Bonchev–Trinajstić information content (AvgIpc) is 3.09. The molecule has 0 N–H and O–H groups in total. The number of methoxy groups -OCH3 is 1. The molecule has 0 radical (unpaired) electrons. The van der Waals surface area contributed by atoms with E-state index in [0.29, 0.717) is 11.6 Å². The average molecular weight is 332 g/mol. The maximum absolute atomic E-state index is 11.4. The van der Waals surface area contributed by atoms with Gasteiger partial charge in [0.15, 0.2) is 0 Å². The third kappa shape index (κ3) is 3.90. The minimum Gasteiger partial charge on any atom is -0.465 e. The number of benzene rings is 1. The molecular weight excluding hydrogens is 312 g/mol. The first-order chi connectivity index (χ1) is 11.3. The zero-order valence-electron chi connectivity index (χ0n) is 13.1. The van der Waals surface area contributed by atoms with E-state index in [0.717, 1.165) is 29.3 Å². The van der Waals surface area contributed by atoms with Gasteiger partial charge in [0.1, 0.15) is 0 Å². The van der Waals surface area contributed by atoms with E-state index in [1.54, 1.807) is 23.9 Å². The smallest absolute Gasteiger partial charge is 0.337 e. The second-order valence-electron chi connectivity index (χ2n) is 5.68. The Hall–Kier alpha value is -1.89. The van der Waals surface area contributed by atoms with Crippen LogP contribution in [0.4, 0.5) is 0 Å². The van der Waals surface area contributed by atoms with Gasteiger partial charge in [0, 0.05) is 5.75 Å². The second kappa shape index (κ2) is 7.59. The lowest BCUT2D eigenvalue weighted by Gasteiger charge is -2.21. The molecule has 1 saturated carbocycles. The maximum atomic E-state index is 11.4. The lowest BCUT2D eigenvalue weighted by atomic mass is 9.96. The SMILES string of the molecule is COC(=O)c1ccc(CSc2nnnn2C2CCCCC2)cc1. The minimum absolute atomic E-state index is 0.314. The fourth-order valence-corrected chi connectivity index (χ4v) is 3.74. The molecule has 1 heterocycles. The van der Waals surface area contributed by atoms with Crippen molar-refractivity contribution in [3.8, 4) is 0 Å². The normalized spacial score (nSPS) is 15.5. The Bertz CT molecular complexity index is 650. The van der Waals surface area contributed by atoms with Crippen molar-refractivity contribution in [2.75, 3.05) is 7.11 Å². The van der Waals surface area contributed by atoms with Crippen LogP contribution in [0.1, 0.15) is 54.1 Å². The molecule has 0 bridgehead atoms. The number of nitrogens with zero attached hydrogens (tertiary/aromatic N) is 4. The molecule has 1 aliphatic carbocycles. The summed E-state index contributed by atoms with van der Waals surface area (Å²) < 4.78 is 6.68. The minimum atomic E-state index is -0.314. The lowest BCUT2D eigenvalue weighted by molar-refractivity contribution is 0.0600. The van der Waals surface area contributed by atoms with Crippen molar-refractivity contribution in [2.24, 2.45) is 0 Å². The van der Waals surface area contributed by atoms with Gasteiger partial charge >= 0.3 is 5.97 Å². The highest BCUT2D eigenvalue weighted by molar-refractivity contribution is 7.98. The van der Waals surface area contributed by atoms with Gasteiger partial charge in [0.05, 0.1) is 18.7 Å². The van der Waals surface area contributed by atoms with Gasteiger partial charge in [-0.3, -0.25) is 0 Å². The number of tetrazole rings is 1. The molecule has 6 nitrogen and oxygen atoms in total. The topological polar surface area (TPSA) is 69.9 Å². The van der Waals surface area contributed by atoms with E-state index in [1.165, 1.54) is 26.4 Å². The highest BCUT2D eigenvalue weighted by Gasteiger charge is 2.20. The molecule has 1 fully saturated rings. The van der Waals surface area contributed by atoms with Crippen LogP contribution in [0.3, 0.4) is 0 Å². The summed E-state index contributed by atoms with van der Waals surface area (Å²) in [4.78, 5) is 11.4. The molecule has 122 valence electrons. The Morgan fingerprint density at radius 3 is 2.70 bits per heavy atom. The molecule has 1 aliphatic rings. The number of ether oxygens (including phenoxy) is 1. The molecule has 0 amide bonds. The van der Waals surface area contributed by atoms with Crippen molar-refractivity contribution >= 4 is 17.7 Å². The van der Waals surface area contributed by atoms with E-state index < -0.39 is 0 Å². The van der Waals surface area contributed by atoms with Crippen molar-refractivity contribution in [1.29, 1.82) is 0 Å². The van der Waals surface area contributed by atoms with Gasteiger partial charge in [-0.05, 0) is 41.0 Å². The number of aromatic nitrogens is 4. The molecule has 2 aromatic rings. The van der Waals surface area contributed by atoms with E-state index in [-0.39, 0.29) is 5.97 Å². The fourth-order valence-electron chi connectivity index (χ4n) is 2.84. The van der Waals surface area contributed by atoms with Gasteiger partial charge in [-0.2, -0.15) is 0 Å². The number of hydrogen-bond donors (Lipinski definition) is 0. The maximum Gasteiger partial charge on any atom is 0.337 e. The van der Waals surface area contributed by atoms with Gasteiger partial charge in [-0.1, -0.05) is 43.2 Å². The van der Waals surface area contributed by atoms with Crippen molar-refractivity contribution in [2.45, 2.75) is 49.1 Å². The standard InChI is InChI=1S/C16H20N4O2S/c1-22-15(21)13-9-7-12(8-10-13)11-23-16-17-18-19-20(16)14-5-3-2-4-6-14/h7-10,14H,2-6,11H2,1H3. The summed E-state index contributed by atoms with van der Waals surface area (Å²) in [6.45, 7) is 0. The molecule has 23 heavy (non-hydrogen) atoms. The second-order valence-corrected chi connectivity index (χ2v) is 6.62. The first-order valence-electron chi connectivity index (χ1n) is 7.86. The largest absolute Gasteiger partial charge is 0.465 e. The van der Waals surface area contributed by atoms with Gasteiger partial charge < -0.3 is 4.74 Å². The van der Waals surface area contributed by atoms with Crippen LogP contribution in [-0.4, -0.2) is 33.3 Å². The van der Waals surface area contributed by atoms with E-state index >= 15 is 0 Å². The van der Waals surface area contributed by atoms with Crippen LogP contribution in [-0.2, 0) is 10.5 Å². The number of esters is 1. The number of carbonyl (C=O) groups is 1. The zero-order valence-corrected chi connectivity index (χ0v) is 14.0. The molecule has 7 heteroatoms. The fraction of sp³-hybridized carbons (Fsp3) is 0.500. The molecule has 0 spiro atoms. The summed E-state index contributed by atoms with van der Waals surface area (Å²) in [5.41, 5.74) is 1.69. The highest BCUT2D eigenvalue weighted by atomic mass is 32.2. The molecular formula is C16H20N4O2S. The molecule has 0 unspecified atom stereocenters. The van der Waals surface area contributed by atoms with Crippen molar-refractivity contribution in [1.82, 2.24) is 20.2 Å². The summed E-state index contributed by atoms with van der Waals surface area (Å²) in [5.74, 6) is 0.458. The van der Waals surface area contributed by atoms with Crippen molar-refractivity contribution in [3.63, 3.8) is 0 Å². The number of thioether (sulfide) groups is 1. The Labute approximate surface area is 139 Å². The quantitative estimate of drug-likeness (QED) is 0.618. The van der Waals surface area contributed by atoms with Gasteiger partial charge in [-0.15, -0.1) is 5.10 Å². The van der Waals surface area contributed by atoms with Crippen molar-refractivity contribution in [3.05, 3.63) is 35.4 Å². The van der Waals surface area contributed by atoms with Crippen LogP contribution in [0.2, 0.25) is 0 Å². The Balaban J connectivity index is 1.62. The molecule has 0 saturated heterocycles. The van der Waals surface area contributed by atoms with E-state index in [4.69, 9.17) is 4.74 Å². The van der Waals surface area contributed by atoms with Crippen LogP contribution < -0.4 is 0 Å². The summed E-state index contributed by atoms with van der Waals surface area (Å²) in [6.07, 6.45) is 6.14. The van der Waals surface area contributed by atoms with E-state index in [2.05, 4.69) is 15.5 Å². The van der Waals surface area contributed by atoms with Crippen LogP contribution in [0.25, 0.3) is 0 Å². The Kier molecular flexibility index (Phi) is 5.27. The third-order valence-corrected chi connectivity index (χ3v) is 5.13. The monoisotopic (exact) mass is 332 g/mol. The van der Waals surface area contributed by atoms with Crippen LogP contribution in [0.5, 0.6) is 0 Å². The Morgan fingerprint density at radius 2 is 2.00 bits per heavy atom. The molecule has 1 aromatic carbocycles. The van der Waals surface area contributed by atoms with Gasteiger partial charge in [-0.25, -0.2) is 9.48 Å². The predicted octanol–water partition coefficient (Wildman–Crippen LogP) is 3.26. The zero-order chi connectivity index (χ0) is 16.1. The van der Waals surface area contributed by atoms with Crippen LogP contribution in [0, 0.1) is 0 Å². The molecule has 1 aromatic heterocycles. The number of carbonyl (C=O) groups excluding carboxylic acids is 1. The van der Waals surface area contributed by atoms with Crippen molar-refractivity contribution < 1.29 is 9.53 Å². The van der Waals surface area contributed by atoms with E-state index in [1.807, 2.05) is 16.8 Å². The van der Waals surface area contributed by atoms with Crippen LogP contribution in [0.15, 0.2) is 29.4 Å². The van der Waals surface area contributed by atoms with Crippen LogP contribution >= 0.6 is 11.8 Å². The first-order valence-corrected chi connectivity index (χ1v) is 8.84. The van der Waals surface area contributed by atoms with Gasteiger partial charge in [0.25, 0.3) is 0 Å². The third-order valence-electron chi connectivity index (χ3n) is 4.13. The summed E-state index contributed by atoms with van der Waals surface area (Å²) >= 11 is 1.63. The first kappa shape index (κ1) is 16.0. The predicted molar refractivity (Wildman–Crippen MR) is 87.3 cm³/mol. The summed E-state index contributed by atoms with van der Waals surface area (Å²) in [7, 11) is 1.39. The van der Waals surface area contributed by atoms with Gasteiger partial charge in [0.2, 0.25) is 5.16 Å². The lowest BCUT2D eigenvalue weighted by Crippen LogP contribution is -2.15. The molecule has 3 rings (SSSR count). The highest BCUT2D eigenvalue weighted by Crippen LogP contribution is 2.31. The summed E-state index contributed by atoms with van der Waals surface area (Å²) in [6, 6.07) is 7.88. The molecule has 0 atom stereocenters.